The van der Waals surface area contributed by atoms with E-state index in [1.54, 1.807) is 0 Å². The molecular weight excluding hydrogens is 222 g/mol. The summed E-state index contributed by atoms with van der Waals surface area (Å²) < 4.78 is 5.81. The van der Waals surface area contributed by atoms with Gasteiger partial charge in [-0.25, -0.2) is 0 Å². The van der Waals surface area contributed by atoms with E-state index in [-0.39, 0.29) is 0 Å². The van der Waals surface area contributed by atoms with Crippen LogP contribution in [0, 0.1) is 11.8 Å². The third kappa shape index (κ3) is 2.33. The van der Waals surface area contributed by atoms with Gasteiger partial charge in [-0.1, -0.05) is 25.5 Å². The summed E-state index contributed by atoms with van der Waals surface area (Å²) in [6.45, 7) is 2.95. The van der Waals surface area contributed by atoms with E-state index in [9.17, 15) is 0 Å². The highest BCUT2D eigenvalue weighted by atomic mass is 16.5. The molecule has 2 nitrogen and oxygen atoms in total. The minimum Gasteiger partial charge on any atom is -0.491 e. The highest BCUT2D eigenvalue weighted by molar-refractivity contribution is 5.57. The third-order valence-electron chi connectivity index (χ3n) is 4.43. The molecule has 1 aromatic carbocycles. The molecule has 3 rings (SSSR count). The zero-order valence-corrected chi connectivity index (χ0v) is 11.2. The largest absolute Gasteiger partial charge is 0.491 e. The SMILES string of the molecule is CCCOc1ccccc1NC1CC2CCC1C2. The maximum Gasteiger partial charge on any atom is 0.142 e. The van der Waals surface area contributed by atoms with Gasteiger partial charge in [0.25, 0.3) is 0 Å². The topological polar surface area (TPSA) is 21.3 Å². The number of para-hydroxylation sites is 2. The Bertz CT molecular complexity index is 404. The molecule has 2 bridgehead atoms. The second kappa shape index (κ2) is 5.21. The monoisotopic (exact) mass is 245 g/mol. The first kappa shape index (κ1) is 11.9. The number of nitrogens with one attached hydrogen (secondary N) is 1. The van der Waals surface area contributed by atoms with Crippen molar-refractivity contribution in [2.24, 2.45) is 11.8 Å². The summed E-state index contributed by atoms with van der Waals surface area (Å²) in [6, 6.07) is 9.04. The van der Waals surface area contributed by atoms with Gasteiger partial charge in [-0.05, 0) is 49.7 Å². The van der Waals surface area contributed by atoms with E-state index in [2.05, 4.69) is 36.5 Å². The zero-order valence-electron chi connectivity index (χ0n) is 11.2. The summed E-state index contributed by atoms with van der Waals surface area (Å²) in [7, 11) is 0. The molecule has 0 aromatic heterocycles. The molecule has 0 amide bonds. The number of hydrogen-bond acceptors (Lipinski definition) is 2. The predicted molar refractivity (Wildman–Crippen MR) is 75.1 cm³/mol. The minimum absolute atomic E-state index is 0.676. The molecule has 2 saturated carbocycles. The van der Waals surface area contributed by atoms with Crippen LogP contribution in [0.15, 0.2) is 24.3 Å². The normalized spacial score (nSPS) is 29.5. The summed E-state index contributed by atoms with van der Waals surface area (Å²) in [5.74, 6) is 2.90. The van der Waals surface area contributed by atoms with Crippen molar-refractivity contribution in [1.82, 2.24) is 0 Å². The van der Waals surface area contributed by atoms with Gasteiger partial charge in [0.15, 0.2) is 0 Å². The molecule has 0 saturated heterocycles. The maximum absolute atomic E-state index is 5.81. The van der Waals surface area contributed by atoms with E-state index in [0.29, 0.717) is 6.04 Å². The molecule has 0 radical (unpaired) electrons. The van der Waals surface area contributed by atoms with Gasteiger partial charge in [0.2, 0.25) is 0 Å². The van der Waals surface area contributed by atoms with Gasteiger partial charge in [0, 0.05) is 6.04 Å². The van der Waals surface area contributed by atoms with E-state index in [4.69, 9.17) is 4.74 Å². The van der Waals surface area contributed by atoms with Gasteiger partial charge >= 0.3 is 0 Å². The fourth-order valence-electron chi connectivity index (χ4n) is 3.55. The number of ether oxygens (including phenoxy) is 1. The van der Waals surface area contributed by atoms with E-state index in [0.717, 1.165) is 30.6 Å². The molecule has 0 aliphatic heterocycles. The van der Waals surface area contributed by atoms with Crippen molar-refractivity contribution in [2.45, 2.75) is 45.1 Å². The zero-order chi connectivity index (χ0) is 12.4. The van der Waals surface area contributed by atoms with Gasteiger partial charge in [0.05, 0.1) is 12.3 Å². The molecule has 98 valence electrons. The molecule has 1 N–H and O–H groups in total. The van der Waals surface area contributed by atoms with Crippen molar-refractivity contribution in [1.29, 1.82) is 0 Å². The molecule has 2 aliphatic carbocycles. The molecule has 1 aromatic rings. The second-order valence-corrected chi connectivity index (χ2v) is 5.77. The summed E-state index contributed by atoms with van der Waals surface area (Å²) in [5, 5.41) is 3.72. The summed E-state index contributed by atoms with van der Waals surface area (Å²) in [6.07, 6.45) is 6.72. The predicted octanol–water partition coefficient (Wildman–Crippen LogP) is 4.08. The van der Waals surface area contributed by atoms with E-state index >= 15 is 0 Å². The summed E-state index contributed by atoms with van der Waals surface area (Å²) in [5.41, 5.74) is 1.18. The van der Waals surface area contributed by atoms with E-state index in [1.165, 1.54) is 31.4 Å². The van der Waals surface area contributed by atoms with Crippen LogP contribution < -0.4 is 10.1 Å². The minimum atomic E-state index is 0.676. The fourth-order valence-corrected chi connectivity index (χ4v) is 3.55. The Labute approximate surface area is 110 Å². The Morgan fingerprint density at radius 1 is 1.22 bits per heavy atom. The Morgan fingerprint density at radius 2 is 2.11 bits per heavy atom. The molecule has 18 heavy (non-hydrogen) atoms. The van der Waals surface area contributed by atoms with Crippen molar-refractivity contribution in [3.05, 3.63) is 24.3 Å². The Morgan fingerprint density at radius 3 is 2.83 bits per heavy atom. The van der Waals surface area contributed by atoms with Crippen LogP contribution in [0.4, 0.5) is 5.69 Å². The molecule has 0 heterocycles. The van der Waals surface area contributed by atoms with Crippen LogP contribution in [0.1, 0.15) is 39.0 Å². The summed E-state index contributed by atoms with van der Waals surface area (Å²) >= 11 is 0. The Hall–Kier alpha value is -1.18. The van der Waals surface area contributed by atoms with E-state index < -0.39 is 0 Å². The molecular formula is C16H23NO. The second-order valence-electron chi connectivity index (χ2n) is 5.77. The van der Waals surface area contributed by atoms with Crippen LogP contribution >= 0.6 is 0 Å². The van der Waals surface area contributed by atoms with Gasteiger partial charge in [-0.2, -0.15) is 0 Å². The first-order chi connectivity index (χ1) is 8.86. The van der Waals surface area contributed by atoms with Crippen molar-refractivity contribution in [3.8, 4) is 5.75 Å². The van der Waals surface area contributed by atoms with Crippen molar-refractivity contribution in [3.63, 3.8) is 0 Å². The highest BCUT2D eigenvalue weighted by Crippen LogP contribution is 2.46. The lowest BCUT2D eigenvalue weighted by Crippen LogP contribution is -2.26. The Kier molecular flexibility index (Phi) is 3.44. The number of anilines is 1. The lowest BCUT2D eigenvalue weighted by Gasteiger charge is -2.25. The van der Waals surface area contributed by atoms with Crippen LogP contribution in [0.25, 0.3) is 0 Å². The molecule has 2 aliphatic rings. The fraction of sp³-hybridized carbons (Fsp3) is 0.625. The first-order valence-corrected chi connectivity index (χ1v) is 7.35. The molecule has 0 spiro atoms. The molecule has 3 atom stereocenters. The number of fused-ring (bicyclic) bond motifs is 2. The highest BCUT2D eigenvalue weighted by Gasteiger charge is 2.39. The van der Waals surface area contributed by atoms with Crippen molar-refractivity contribution in [2.75, 3.05) is 11.9 Å². The van der Waals surface area contributed by atoms with Gasteiger partial charge in [-0.3, -0.25) is 0 Å². The lowest BCUT2D eigenvalue weighted by atomic mass is 9.95. The molecule has 2 fully saturated rings. The molecule has 2 heteroatoms. The van der Waals surface area contributed by atoms with Gasteiger partial charge < -0.3 is 10.1 Å². The van der Waals surface area contributed by atoms with Crippen molar-refractivity contribution < 1.29 is 4.74 Å². The third-order valence-corrected chi connectivity index (χ3v) is 4.43. The number of hydrogen-bond donors (Lipinski definition) is 1. The lowest BCUT2D eigenvalue weighted by molar-refractivity contribution is 0.318. The standard InChI is InChI=1S/C16H23NO/c1-2-9-18-16-6-4-3-5-14(16)17-15-11-12-7-8-13(15)10-12/h3-6,12-13,15,17H,2,7-11H2,1H3. The maximum atomic E-state index is 5.81. The van der Waals surface area contributed by atoms with Crippen LogP contribution in [0.3, 0.4) is 0 Å². The molecule has 3 unspecified atom stereocenters. The average Bonchev–Trinajstić information content (AvgIpc) is 3.00. The Balaban J connectivity index is 1.68. The van der Waals surface area contributed by atoms with Crippen LogP contribution in [-0.2, 0) is 0 Å². The quantitative estimate of drug-likeness (QED) is 0.844. The number of rotatable bonds is 5. The van der Waals surface area contributed by atoms with Gasteiger partial charge in [-0.15, -0.1) is 0 Å². The van der Waals surface area contributed by atoms with Crippen LogP contribution in [-0.4, -0.2) is 12.6 Å². The van der Waals surface area contributed by atoms with Crippen LogP contribution in [0.5, 0.6) is 5.75 Å². The van der Waals surface area contributed by atoms with Gasteiger partial charge in [0.1, 0.15) is 5.75 Å². The smallest absolute Gasteiger partial charge is 0.142 e. The number of benzene rings is 1. The average molecular weight is 245 g/mol. The van der Waals surface area contributed by atoms with Crippen molar-refractivity contribution >= 4 is 5.69 Å². The summed E-state index contributed by atoms with van der Waals surface area (Å²) in [4.78, 5) is 0. The van der Waals surface area contributed by atoms with Crippen LogP contribution in [0.2, 0.25) is 0 Å². The van der Waals surface area contributed by atoms with E-state index in [1.807, 2.05) is 0 Å². The first-order valence-electron chi connectivity index (χ1n) is 7.35.